The number of fused-ring (bicyclic) bond motifs is 1. The SMILES string of the molecule is O=C(c1cccs1)N1CCCCC1c1cc(=O)n2[nH]ccc2n1. The maximum absolute atomic E-state index is 12.8. The van der Waals surface area contributed by atoms with Gasteiger partial charge in [-0.05, 0) is 30.7 Å². The van der Waals surface area contributed by atoms with Crippen LogP contribution in [0.1, 0.15) is 40.7 Å². The molecule has 1 aliphatic rings. The summed E-state index contributed by atoms with van der Waals surface area (Å²) in [6, 6.07) is 6.89. The fourth-order valence-electron chi connectivity index (χ4n) is 3.14. The molecular formula is C16H16N4O2S. The lowest BCUT2D eigenvalue weighted by molar-refractivity contribution is 0.0611. The average molecular weight is 328 g/mol. The summed E-state index contributed by atoms with van der Waals surface area (Å²) in [5.74, 6) is 0.0285. The number of H-pyrrole nitrogens is 1. The molecule has 1 fully saturated rings. The van der Waals surface area contributed by atoms with Crippen molar-refractivity contribution in [2.45, 2.75) is 25.3 Å². The van der Waals surface area contributed by atoms with Gasteiger partial charge in [-0.2, -0.15) is 0 Å². The molecule has 23 heavy (non-hydrogen) atoms. The van der Waals surface area contributed by atoms with Crippen molar-refractivity contribution in [1.82, 2.24) is 19.5 Å². The van der Waals surface area contributed by atoms with Crippen molar-refractivity contribution in [1.29, 1.82) is 0 Å². The minimum Gasteiger partial charge on any atom is -0.329 e. The van der Waals surface area contributed by atoms with Crippen molar-refractivity contribution in [2.75, 3.05) is 6.54 Å². The molecule has 1 atom stereocenters. The van der Waals surface area contributed by atoms with E-state index in [1.807, 2.05) is 22.4 Å². The molecule has 1 saturated heterocycles. The number of thiophene rings is 1. The molecule has 7 heteroatoms. The first-order valence-electron chi connectivity index (χ1n) is 7.65. The van der Waals surface area contributed by atoms with Crippen LogP contribution in [-0.2, 0) is 0 Å². The smallest absolute Gasteiger partial charge is 0.272 e. The average Bonchev–Trinajstić information content (AvgIpc) is 3.25. The van der Waals surface area contributed by atoms with E-state index >= 15 is 0 Å². The summed E-state index contributed by atoms with van der Waals surface area (Å²) < 4.78 is 1.40. The Hall–Kier alpha value is -2.41. The molecule has 4 rings (SSSR count). The van der Waals surface area contributed by atoms with Crippen LogP contribution in [-0.4, -0.2) is 31.9 Å². The Morgan fingerprint density at radius 2 is 2.26 bits per heavy atom. The van der Waals surface area contributed by atoms with Gasteiger partial charge in [0.1, 0.15) is 0 Å². The topological polar surface area (TPSA) is 70.5 Å². The van der Waals surface area contributed by atoms with E-state index in [0.717, 1.165) is 24.1 Å². The molecule has 0 bridgehead atoms. The van der Waals surface area contributed by atoms with Gasteiger partial charge in [-0.3, -0.25) is 14.7 Å². The summed E-state index contributed by atoms with van der Waals surface area (Å²) in [6.07, 6.45) is 4.54. The van der Waals surface area contributed by atoms with E-state index in [4.69, 9.17) is 0 Å². The number of likely N-dealkylation sites (tertiary alicyclic amines) is 1. The number of carbonyl (C=O) groups excluding carboxylic acids is 1. The molecule has 4 heterocycles. The zero-order valence-electron chi connectivity index (χ0n) is 12.4. The number of nitrogens with zero attached hydrogens (tertiary/aromatic N) is 3. The molecule has 1 N–H and O–H groups in total. The zero-order valence-corrected chi connectivity index (χ0v) is 13.3. The molecule has 0 saturated carbocycles. The van der Waals surface area contributed by atoms with E-state index in [1.54, 1.807) is 12.3 Å². The van der Waals surface area contributed by atoms with Crippen molar-refractivity contribution in [3.05, 3.63) is 56.8 Å². The highest BCUT2D eigenvalue weighted by Crippen LogP contribution is 2.31. The molecule has 6 nitrogen and oxygen atoms in total. The van der Waals surface area contributed by atoms with Gasteiger partial charge >= 0.3 is 0 Å². The molecule has 0 spiro atoms. The molecule has 1 unspecified atom stereocenters. The third-order valence-electron chi connectivity index (χ3n) is 4.24. The van der Waals surface area contributed by atoms with Crippen LogP contribution in [0, 0.1) is 0 Å². The maximum atomic E-state index is 12.8. The summed E-state index contributed by atoms with van der Waals surface area (Å²) >= 11 is 1.45. The van der Waals surface area contributed by atoms with Crippen molar-refractivity contribution < 1.29 is 4.79 Å². The van der Waals surface area contributed by atoms with Crippen LogP contribution in [0.3, 0.4) is 0 Å². The minimum absolute atomic E-state index is 0.0285. The molecule has 1 aliphatic heterocycles. The number of rotatable bonds is 2. The van der Waals surface area contributed by atoms with Gasteiger partial charge in [-0.25, -0.2) is 9.50 Å². The van der Waals surface area contributed by atoms with Crippen LogP contribution in [0.25, 0.3) is 5.65 Å². The molecule has 0 aromatic carbocycles. The third kappa shape index (κ3) is 2.46. The van der Waals surface area contributed by atoms with Crippen molar-refractivity contribution in [2.24, 2.45) is 0 Å². The normalized spacial score (nSPS) is 18.4. The van der Waals surface area contributed by atoms with E-state index < -0.39 is 0 Å². The number of piperidine rings is 1. The molecule has 3 aromatic rings. The van der Waals surface area contributed by atoms with Gasteiger partial charge in [0.25, 0.3) is 11.5 Å². The summed E-state index contributed by atoms with van der Waals surface area (Å²) in [5, 5.41) is 4.74. The van der Waals surface area contributed by atoms with Crippen LogP contribution < -0.4 is 5.56 Å². The van der Waals surface area contributed by atoms with Crippen molar-refractivity contribution >= 4 is 22.9 Å². The highest BCUT2D eigenvalue weighted by molar-refractivity contribution is 7.12. The fourth-order valence-corrected chi connectivity index (χ4v) is 3.82. The lowest BCUT2D eigenvalue weighted by Crippen LogP contribution is -2.39. The molecule has 0 radical (unpaired) electrons. The standard InChI is InChI=1S/C16H16N4O2S/c21-15-10-11(18-14-6-7-17-20(14)15)12-4-1-2-8-19(12)16(22)13-5-3-9-23-13/h3,5-7,9-10,12,17H,1-2,4,8H2. The maximum Gasteiger partial charge on any atom is 0.272 e. The van der Waals surface area contributed by atoms with Gasteiger partial charge in [0.05, 0.1) is 16.6 Å². The first-order chi connectivity index (χ1) is 11.2. The van der Waals surface area contributed by atoms with E-state index in [-0.39, 0.29) is 17.5 Å². The van der Waals surface area contributed by atoms with E-state index in [0.29, 0.717) is 17.9 Å². The Morgan fingerprint density at radius 3 is 3.09 bits per heavy atom. The minimum atomic E-state index is -0.149. The molecule has 1 amide bonds. The Balaban J connectivity index is 1.74. The van der Waals surface area contributed by atoms with Gasteiger partial charge in [0, 0.05) is 24.9 Å². The number of nitrogens with one attached hydrogen (secondary N) is 1. The Kier molecular flexibility index (Phi) is 3.49. The zero-order chi connectivity index (χ0) is 15.8. The summed E-state index contributed by atoms with van der Waals surface area (Å²) in [6.45, 7) is 0.704. The largest absolute Gasteiger partial charge is 0.329 e. The van der Waals surface area contributed by atoms with Crippen LogP contribution in [0.5, 0.6) is 0 Å². The Labute approximate surface area is 136 Å². The monoisotopic (exact) mass is 328 g/mol. The third-order valence-corrected chi connectivity index (χ3v) is 5.10. The lowest BCUT2D eigenvalue weighted by atomic mass is 9.98. The quantitative estimate of drug-likeness (QED) is 0.785. The van der Waals surface area contributed by atoms with Crippen LogP contribution in [0.15, 0.2) is 40.6 Å². The highest BCUT2D eigenvalue weighted by atomic mass is 32.1. The second kappa shape index (κ2) is 5.66. The van der Waals surface area contributed by atoms with Crippen LogP contribution >= 0.6 is 11.3 Å². The predicted octanol–water partition coefficient (Wildman–Crippen LogP) is 2.45. The summed E-state index contributed by atoms with van der Waals surface area (Å²) in [5.41, 5.74) is 1.12. The summed E-state index contributed by atoms with van der Waals surface area (Å²) in [4.78, 5) is 32.1. The van der Waals surface area contributed by atoms with Crippen LogP contribution in [0.2, 0.25) is 0 Å². The van der Waals surface area contributed by atoms with Crippen molar-refractivity contribution in [3.8, 4) is 0 Å². The molecular weight excluding hydrogens is 312 g/mol. The van der Waals surface area contributed by atoms with Gasteiger partial charge in [0.2, 0.25) is 0 Å². The van der Waals surface area contributed by atoms with E-state index in [9.17, 15) is 9.59 Å². The number of hydrogen-bond donors (Lipinski definition) is 1. The second-order valence-corrected chi connectivity index (χ2v) is 6.61. The predicted molar refractivity (Wildman–Crippen MR) is 87.8 cm³/mol. The molecule has 118 valence electrons. The second-order valence-electron chi connectivity index (χ2n) is 5.66. The number of aromatic nitrogens is 3. The lowest BCUT2D eigenvalue weighted by Gasteiger charge is -2.35. The fraction of sp³-hybridized carbons (Fsp3) is 0.312. The first-order valence-corrected chi connectivity index (χ1v) is 8.53. The van der Waals surface area contributed by atoms with Gasteiger partial charge in [-0.1, -0.05) is 6.07 Å². The number of hydrogen-bond acceptors (Lipinski definition) is 4. The van der Waals surface area contributed by atoms with Gasteiger partial charge in [0.15, 0.2) is 5.65 Å². The van der Waals surface area contributed by atoms with Gasteiger partial charge in [-0.15, -0.1) is 11.3 Å². The molecule has 3 aromatic heterocycles. The Bertz CT molecular complexity index is 896. The van der Waals surface area contributed by atoms with Crippen LogP contribution in [0.4, 0.5) is 0 Å². The van der Waals surface area contributed by atoms with E-state index in [1.165, 1.54) is 21.9 Å². The summed E-state index contributed by atoms with van der Waals surface area (Å²) in [7, 11) is 0. The van der Waals surface area contributed by atoms with Crippen molar-refractivity contribution in [3.63, 3.8) is 0 Å². The highest BCUT2D eigenvalue weighted by Gasteiger charge is 2.30. The number of aromatic amines is 1. The first kappa shape index (κ1) is 14.2. The number of carbonyl (C=O) groups is 1. The Morgan fingerprint density at radius 1 is 1.35 bits per heavy atom. The van der Waals surface area contributed by atoms with E-state index in [2.05, 4.69) is 10.1 Å². The number of amides is 1. The molecule has 0 aliphatic carbocycles. The van der Waals surface area contributed by atoms with Gasteiger partial charge < -0.3 is 4.90 Å².